The van der Waals surface area contributed by atoms with Gasteiger partial charge >= 0.3 is 0 Å². The highest BCUT2D eigenvalue weighted by atomic mass is 28.4. The number of rotatable bonds is 16. The Morgan fingerprint density at radius 2 is 1.32 bits per heavy atom. The number of benzene rings is 2. The van der Waals surface area contributed by atoms with Gasteiger partial charge in [-0.15, -0.1) is 11.8 Å². The molecule has 0 fully saturated rings. The molecule has 0 unspecified atom stereocenters. The monoisotopic (exact) mass is 594 g/mol. The van der Waals surface area contributed by atoms with E-state index in [0.717, 1.165) is 24.6 Å². The van der Waals surface area contributed by atoms with Gasteiger partial charge in [-0.25, -0.2) is 0 Å². The summed E-state index contributed by atoms with van der Waals surface area (Å²) in [6.07, 6.45) is 1.76. The summed E-state index contributed by atoms with van der Waals surface area (Å²) in [5.41, 5.74) is 0. The summed E-state index contributed by atoms with van der Waals surface area (Å²) in [6.45, 7) is 17.8. The van der Waals surface area contributed by atoms with Crippen LogP contribution >= 0.6 is 0 Å². The molecule has 0 aliphatic rings. The van der Waals surface area contributed by atoms with Crippen LogP contribution in [0.15, 0.2) is 60.7 Å². The molecule has 0 saturated heterocycles. The van der Waals surface area contributed by atoms with Crippen LogP contribution < -0.4 is 10.4 Å². The van der Waals surface area contributed by atoms with E-state index in [0.29, 0.717) is 19.4 Å². The second kappa shape index (κ2) is 16.6. The maximum Gasteiger partial charge on any atom is 0.261 e. The number of carbonyl (C=O) groups excluding carboxylic acids is 1. The fourth-order valence-corrected chi connectivity index (χ4v) is 13.1. The molecule has 41 heavy (non-hydrogen) atoms. The maximum absolute atomic E-state index is 11.6. The molecule has 2 aromatic rings. The summed E-state index contributed by atoms with van der Waals surface area (Å²) >= 11 is 0. The van der Waals surface area contributed by atoms with Gasteiger partial charge in [-0.1, -0.05) is 109 Å². The minimum Gasteiger partial charge on any atom is -0.412 e. The molecule has 0 saturated carbocycles. The van der Waals surface area contributed by atoms with Crippen LogP contribution in [0.4, 0.5) is 0 Å². The highest BCUT2D eigenvalue weighted by Crippen LogP contribution is 2.37. The average molecular weight is 595 g/mol. The number of ketones is 1. The van der Waals surface area contributed by atoms with Gasteiger partial charge in [-0.2, -0.15) is 0 Å². The maximum atomic E-state index is 11.6. The molecule has 6 heteroatoms. The lowest BCUT2D eigenvalue weighted by molar-refractivity contribution is -0.120. The van der Waals surface area contributed by atoms with Crippen molar-refractivity contribution in [1.29, 1.82) is 0 Å². The zero-order chi connectivity index (χ0) is 30.5. The van der Waals surface area contributed by atoms with Gasteiger partial charge in [0, 0.05) is 32.3 Å². The van der Waals surface area contributed by atoms with Gasteiger partial charge in [0.25, 0.3) is 8.32 Å². The molecule has 0 aromatic heterocycles. The van der Waals surface area contributed by atoms with Crippen molar-refractivity contribution in [2.24, 2.45) is 5.92 Å². The molecule has 0 amide bonds. The minimum absolute atomic E-state index is 0.0373. The van der Waals surface area contributed by atoms with Gasteiger partial charge in [-0.3, -0.25) is 4.79 Å². The largest absolute Gasteiger partial charge is 0.412 e. The molecule has 0 radical (unpaired) electrons. The van der Waals surface area contributed by atoms with Crippen molar-refractivity contribution in [1.82, 2.24) is 0 Å². The molecule has 0 heterocycles. The average Bonchev–Trinajstić information content (AvgIpc) is 2.97. The van der Waals surface area contributed by atoms with Gasteiger partial charge in [0.15, 0.2) is 8.32 Å². The molecular weight excluding hydrogens is 541 g/mol. The lowest BCUT2D eigenvalue weighted by Gasteiger charge is -2.44. The van der Waals surface area contributed by atoms with Crippen LogP contribution in [0.3, 0.4) is 0 Å². The number of ether oxygens (including phenoxy) is 1. The normalized spacial score (nSPS) is 14.6. The first-order valence-corrected chi connectivity index (χ1v) is 19.8. The Labute approximate surface area is 252 Å². The highest BCUT2D eigenvalue weighted by molar-refractivity contribution is 6.99. The lowest BCUT2D eigenvalue weighted by atomic mass is 10.0. The summed E-state index contributed by atoms with van der Waals surface area (Å²) in [5, 5.41) is 2.45. The minimum atomic E-state index is -2.70. The molecule has 0 spiro atoms. The zero-order valence-corrected chi connectivity index (χ0v) is 29.1. The number of hydrogen-bond acceptors (Lipinski definition) is 4. The topological polar surface area (TPSA) is 44.8 Å². The molecular formula is C35H54O4Si2. The Kier molecular flexibility index (Phi) is 14.2. The number of Topliss-reactive ketones (excluding diaryl/α,β-unsaturated/α-hetero) is 1. The van der Waals surface area contributed by atoms with Crippen LogP contribution in [-0.4, -0.2) is 48.3 Å². The molecule has 0 N–H and O–H groups in total. The smallest absolute Gasteiger partial charge is 0.261 e. The van der Waals surface area contributed by atoms with Crippen LogP contribution in [0.2, 0.25) is 23.2 Å². The van der Waals surface area contributed by atoms with Crippen molar-refractivity contribution in [3.63, 3.8) is 0 Å². The van der Waals surface area contributed by atoms with Gasteiger partial charge in [-0.05, 0) is 40.5 Å². The Morgan fingerprint density at radius 3 is 1.73 bits per heavy atom. The molecule has 226 valence electrons. The van der Waals surface area contributed by atoms with E-state index in [2.05, 4.69) is 114 Å². The summed E-state index contributed by atoms with van der Waals surface area (Å²) in [5.74, 6) is 6.62. The zero-order valence-electron chi connectivity index (χ0n) is 27.1. The Bertz CT molecular complexity index is 1050. The first kappa shape index (κ1) is 35.2. The van der Waals surface area contributed by atoms with Crippen LogP contribution in [-0.2, 0) is 18.4 Å². The van der Waals surface area contributed by atoms with E-state index in [9.17, 15) is 4.79 Å². The molecule has 0 aliphatic carbocycles. The molecule has 4 nitrogen and oxygen atoms in total. The second-order valence-electron chi connectivity index (χ2n) is 12.3. The van der Waals surface area contributed by atoms with E-state index in [1.165, 1.54) is 10.4 Å². The van der Waals surface area contributed by atoms with Crippen molar-refractivity contribution in [3.8, 4) is 11.8 Å². The predicted molar refractivity (Wildman–Crippen MR) is 178 cm³/mol. The second-order valence-corrected chi connectivity index (χ2v) is 21.4. The lowest BCUT2D eigenvalue weighted by Crippen LogP contribution is -2.67. The van der Waals surface area contributed by atoms with Crippen LogP contribution in [0, 0.1) is 17.8 Å². The van der Waals surface area contributed by atoms with E-state index in [-0.39, 0.29) is 28.9 Å². The van der Waals surface area contributed by atoms with E-state index in [1.807, 2.05) is 6.92 Å². The van der Waals surface area contributed by atoms with Gasteiger partial charge in [0.2, 0.25) is 0 Å². The van der Waals surface area contributed by atoms with E-state index in [1.54, 1.807) is 14.0 Å². The summed E-state index contributed by atoms with van der Waals surface area (Å²) in [7, 11) is -2.86. The molecule has 0 aliphatic heterocycles. The third-order valence-corrected chi connectivity index (χ3v) is 18.4. The van der Waals surface area contributed by atoms with Crippen molar-refractivity contribution in [2.75, 3.05) is 13.7 Å². The van der Waals surface area contributed by atoms with E-state index >= 15 is 0 Å². The van der Waals surface area contributed by atoms with Gasteiger partial charge in [0.05, 0.1) is 18.8 Å². The van der Waals surface area contributed by atoms with Crippen molar-refractivity contribution in [3.05, 3.63) is 60.7 Å². The van der Waals surface area contributed by atoms with E-state index in [4.69, 9.17) is 13.6 Å². The van der Waals surface area contributed by atoms with Crippen LogP contribution in [0.1, 0.15) is 74.7 Å². The first-order chi connectivity index (χ1) is 19.5. The fraction of sp³-hybridized carbons (Fsp3) is 0.571. The SMILES string of the molecule is CC[Si](CC)(CC)O[C@H](CO[Si](c1ccccc1)(c1ccccc1)C(C)(C)C)C[C@@H](CC#CC[C@H](C)C(C)=O)OC. The Balaban J connectivity index is 2.45. The summed E-state index contributed by atoms with van der Waals surface area (Å²) < 4.78 is 20.4. The van der Waals surface area contributed by atoms with Crippen molar-refractivity contribution < 1.29 is 18.4 Å². The summed E-state index contributed by atoms with van der Waals surface area (Å²) in [6, 6.07) is 24.8. The van der Waals surface area contributed by atoms with E-state index < -0.39 is 16.6 Å². The third-order valence-electron chi connectivity index (χ3n) is 8.67. The standard InChI is InChI=1S/C35H54O4Si2/c1-10-40(11-2,12-3)39-32(27-31(37-9)22-20-19-21-29(4)30(5)36)28-38-41(35(6,7)8,33-23-15-13-16-24-33)34-25-17-14-18-26-34/h13-18,23-26,29,31-32H,10-12,21-22,27-28H2,1-9H3/t29-,31+,32-/m0/s1. The predicted octanol–water partition coefficient (Wildman–Crippen LogP) is 7.37. The fourth-order valence-electron chi connectivity index (χ4n) is 5.59. The molecule has 0 bridgehead atoms. The third kappa shape index (κ3) is 9.49. The van der Waals surface area contributed by atoms with Gasteiger partial charge < -0.3 is 13.6 Å². The number of methoxy groups -OCH3 is 1. The van der Waals surface area contributed by atoms with Crippen molar-refractivity contribution in [2.45, 2.75) is 110 Å². The summed E-state index contributed by atoms with van der Waals surface area (Å²) in [4.78, 5) is 11.6. The van der Waals surface area contributed by atoms with Crippen LogP contribution in [0.5, 0.6) is 0 Å². The Morgan fingerprint density at radius 1 is 0.829 bits per heavy atom. The Hall–Kier alpha value is -2.02. The van der Waals surface area contributed by atoms with Crippen LogP contribution in [0.25, 0.3) is 0 Å². The molecule has 3 atom stereocenters. The van der Waals surface area contributed by atoms with Gasteiger partial charge in [0.1, 0.15) is 5.78 Å². The van der Waals surface area contributed by atoms with Crippen molar-refractivity contribution >= 4 is 32.8 Å². The molecule has 2 aromatic carbocycles. The number of hydrogen-bond donors (Lipinski definition) is 0. The first-order valence-electron chi connectivity index (χ1n) is 15.4. The quantitative estimate of drug-likeness (QED) is 0.150. The number of carbonyl (C=O) groups is 1. The highest BCUT2D eigenvalue weighted by Gasteiger charge is 2.50. The molecule has 2 rings (SSSR count).